The van der Waals surface area contributed by atoms with Gasteiger partial charge in [-0.05, 0) is 24.4 Å². The number of nitrogens with one attached hydrogen (secondary N) is 1. The van der Waals surface area contributed by atoms with E-state index >= 15 is 0 Å². The van der Waals surface area contributed by atoms with Crippen LogP contribution < -0.4 is 5.32 Å². The number of hydrogen-bond donors (Lipinski definition) is 1. The number of thiazole rings is 1. The number of hydrogen-bond acceptors (Lipinski definition) is 4. The van der Waals surface area contributed by atoms with Crippen molar-refractivity contribution < 1.29 is 0 Å². The van der Waals surface area contributed by atoms with Gasteiger partial charge in [-0.3, -0.25) is 0 Å². The Morgan fingerprint density at radius 3 is 2.82 bits per heavy atom. The Bertz CT molecular complexity index is 465. The van der Waals surface area contributed by atoms with E-state index in [1.807, 2.05) is 11.6 Å². The van der Waals surface area contributed by atoms with Crippen LogP contribution in [-0.2, 0) is 6.42 Å². The first kappa shape index (κ1) is 13.0. The van der Waals surface area contributed by atoms with Gasteiger partial charge in [0.2, 0.25) is 0 Å². The van der Waals surface area contributed by atoms with Crippen molar-refractivity contribution in [2.45, 2.75) is 26.3 Å². The summed E-state index contributed by atoms with van der Waals surface area (Å²) >= 11 is 9.76. The molecule has 0 saturated heterocycles. The van der Waals surface area contributed by atoms with E-state index in [1.165, 1.54) is 4.88 Å². The number of rotatable bonds is 5. The maximum atomic E-state index is 6.33. The van der Waals surface area contributed by atoms with Crippen LogP contribution in [0.2, 0.25) is 5.02 Å². The van der Waals surface area contributed by atoms with Crippen LogP contribution in [0.3, 0.4) is 0 Å². The maximum Gasteiger partial charge on any atom is 0.0944 e. The molecule has 2 aromatic rings. The lowest BCUT2D eigenvalue weighted by atomic mass is 10.1. The smallest absolute Gasteiger partial charge is 0.0944 e. The lowest BCUT2D eigenvalue weighted by Gasteiger charge is -2.15. The van der Waals surface area contributed by atoms with Crippen molar-refractivity contribution in [3.05, 3.63) is 37.4 Å². The Labute approximate surface area is 115 Å². The van der Waals surface area contributed by atoms with Crippen LogP contribution >= 0.6 is 34.3 Å². The van der Waals surface area contributed by atoms with Gasteiger partial charge in [0.15, 0.2) is 0 Å². The third-order valence-electron chi connectivity index (χ3n) is 2.55. The molecule has 0 aromatic carbocycles. The summed E-state index contributed by atoms with van der Waals surface area (Å²) in [6.45, 7) is 5.10. The number of halogens is 1. The fraction of sp³-hybridized carbons (Fsp3) is 0.417. The van der Waals surface area contributed by atoms with E-state index in [-0.39, 0.29) is 6.04 Å². The van der Waals surface area contributed by atoms with E-state index in [0.717, 1.165) is 28.6 Å². The van der Waals surface area contributed by atoms with Gasteiger partial charge >= 0.3 is 0 Å². The monoisotopic (exact) mass is 286 g/mol. The largest absolute Gasteiger partial charge is 0.309 e. The summed E-state index contributed by atoms with van der Waals surface area (Å²) in [5, 5.41) is 9.66. The van der Waals surface area contributed by atoms with Gasteiger partial charge < -0.3 is 5.32 Å². The molecule has 0 bridgehead atoms. The van der Waals surface area contributed by atoms with Crippen LogP contribution in [0.25, 0.3) is 0 Å². The highest BCUT2D eigenvalue weighted by molar-refractivity contribution is 7.11. The number of aryl methyl sites for hydroxylation is 1. The van der Waals surface area contributed by atoms with E-state index in [4.69, 9.17) is 11.6 Å². The minimum Gasteiger partial charge on any atom is -0.309 e. The van der Waals surface area contributed by atoms with Crippen molar-refractivity contribution in [3.63, 3.8) is 0 Å². The van der Waals surface area contributed by atoms with Gasteiger partial charge in [0.05, 0.1) is 10.0 Å². The van der Waals surface area contributed by atoms with Gasteiger partial charge in [0, 0.05) is 28.9 Å². The zero-order chi connectivity index (χ0) is 12.3. The molecule has 2 aromatic heterocycles. The fourth-order valence-corrected chi connectivity index (χ4v) is 3.78. The summed E-state index contributed by atoms with van der Waals surface area (Å²) in [5.74, 6) is 0. The molecular formula is C12H15ClN2S2. The van der Waals surface area contributed by atoms with E-state index in [9.17, 15) is 0 Å². The lowest BCUT2D eigenvalue weighted by molar-refractivity contribution is 0.557. The van der Waals surface area contributed by atoms with Crippen molar-refractivity contribution in [2.24, 2.45) is 0 Å². The van der Waals surface area contributed by atoms with Gasteiger partial charge in [0.25, 0.3) is 0 Å². The Kier molecular flexibility index (Phi) is 4.56. The molecule has 0 amide bonds. The molecule has 0 fully saturated rings. The topological polar surface area (TPSA) is 24.9 Å². The van der Waals surface area contributed by atoms with Gasteiger partial charge in [-0.25, -0.2) is 4.98 Å². The van der Waals surface area contributed by atoms with Crippen LogP contribution in [0.1, 0.15) is 28.4 Å². The van der Waals surface area contributed by atoms with Crippen molar-refractivity contribution in [2.75, 3.05) is 6.54 Å². The van der Waals surface area contributed by atoms with Crippen LogP contribution in [0.15, 0.2) is 17.0 Å². The Hall–Kier alpha value is -0.420. The second-order valence-corrected chi connectivity index (χ2v) is 6.11. The standard InChI is InChI=1S/C12H15ClN2S2/c1-3-14-9(6-10-15-4-5-16-10)12-11(13)8(2)7-17-12/h4-5,7,9,14H,3,6H2,1-2H3. The highest BCUT2D eigenvalue weighted by Gasteiger charge is 2.18. The van der Waals surface area contributed by atoms with Crippen LogP contribution in [-0.4, -0.2) is 11.5 Å². The molecule has 0 radical (unpaired) electrons. The minimum absolute atomic E-state index is 0.275. The molecule has 0 aliphatic carbocycles. The van der Waals surface area contributed by atoms with E-state index in [2.05, 4.69) is 29.5 Å². The summed E-state index contributed by atoms with van der Waals surface area (Å²) < 4.78 is 0. The molecule has 0 aliphatic rings. The summed E-state index contributed by atoms with van der Waals surface area (Å²) in [7, 11) is 0. The average molecular weight is 287 g/mol. The maximum absolute atomic E-state index is 6.33. The number of aromatic nitrogens is 1. The molecule has 0 spiro atoms. The molecule has 2 rings (SSSR count). The first-order valence-electron chi connectivity index (χ1n) is 5.57. The summed E-state index contributed by atoms with van der Waals surface area (Å²) in [4.78, 5) is 5.56. The van der Waals surface area contributed by atoms with Crippen LogP contribution in [0, 0.1) is 6.92 Å². The predicted octanol–water partition coefficient (Wildman–Crippen LogP) is 4.06. The highest BCUT2D eigenvalue weighted by Crippen LogP contribution is 2.34. The summed E-state index contributed by atoms with van der Waals surface area (Å²) in [6, 6.07) is 0.275. The Balaban J connectivity index is 2.20. The number of thiophene rings is 1. The number of likely N-dealkylation sites (N-methyl/N-ethyl adjacent to an activating group) is 1. The molecule has 0 saturated carbocycles. The zero-order valence-corrected chi connectivity index (χ0v) is 12.3. The van der Waals surface area contributed by atoms with Crippen molar-refractivity contribution >= 4 is 34.3 Å². The summed E-state index contributed by atoms with van der Waals surface area (Å²) in [5.41, 5.74) is 1.16. The fourth-order valence-electron chi connectivity index (χ4n) is 1.72. The van der Waals surface area contributed by atoms with Gasteiger partial charge in [0.1, 0.15) is 0 Å². The van der Waals surface area contributed by atoms with E-state index in [1.54, 1.807) is 22.7 Å². The average Bonchev–Trinajstić information content (AvgIpc) is 2.91. The third-order valence-corrected chi connectivity index (χ3v) is 5.18. The quantitative estimate of drug-likeness (QED) is 0.896. The van der Waals surface area contributed by atoms with Crippen LogP contribution in [0.4, 0.5) is 0 Å². The molecule has 1 N–H and O–H groups in total. The molecule has 1 atom stereocenters. The molecule has 5 heteroatoms. The molecule has 1 unspecified atom stereocenters. The SMILES string of the molecule is CCNC(Cc1nccs1)c1scc(C)c1Cl. The highest BCUT2D eigenvalue weighted by atomic mass is 35.5. The van der Waals surface area contributed by atoms with Gasteiger partial charge in [-0.15, -0.1) is 22.7 Å². The Morgan fingerprint density at radius 2 is 2.29 bits per heavy atom. The predicted molar refractivity (Wildman–Crippen MR) is 76.3 cm³/mol. The first-order chi connectivity index (χ1) is 8.22. The lowest BCUT2D eigenvalue weighted by Crippen LogP contribution is -2.22. The van der Waals surface area contributed by atoms with E-state index in [0.29, 0.717) is 0 Å². The molecule has 92 valence electrons. The molecule has 17 heavy (non-hydrogen) atoms. The zero-order valence-electron chi connectivity index (χ0n) is 9.87. The molecular weight excluding hydrogens is 272 g/mol. The van der Waals surface area contributed by atoms with E-state index < -0.39 is 0 Å². The third kappa shape index (κ3) is 3.07. The normalized spacial score (nSPS) is 12.9. The van der Waals surface area contributed by atoms with Gasteiger partial charge in [-0.1, -0.05) is 18.5 Å². The second-order valence-electron chi connectivity index (χ2n) is 3.84. The van der Waals surface area contributed by atoms with Crippen molar-refractivity contribution in [3.8, 4) is 0 Å². The first-order valence-corrected chi connectivity index (χ1v) is 7.71. The number of nitrogens with zero attached hydrogens (tertiary/aromatic N) is 1. The van der Waals surface area contributed by atoms with Crippen LogP contribution in [0.5, 0.6) is 0 Å². The van der Waals surface area contributed by atoms with Crippen molar-refractivity contribution in [1.29, 1.82) is 0 Å². The minimum atomic E-state index is 0.275. The molecule has 2 nitrogen and oxygen atoms in total. The summed E-state index contributed by atoms with van der Waals surface area (Å²) in [6.07, 6.45) is 2.76. The van der Waals surface area contributed by atoms with Gasteiger partial charge in [-0.2, -0.15) is 0 Å². The van der Waals surface area contributed by atoms with Crippen molar-refractivity contribution in [1.82, 2.24) is 10.3 Å². The second kappa shape index (κ2) is 5.96. The molecule has 0 aliphatic heterocycles. The molecule has 2 heterocycles. The Morgan fingerprint density at radius 1 is 1.47 bits per heavy atom.